The minimum Gasteiger partial charge on any atom is -0.496 e. The van der Waals surface area contributed by atoms with Crippen molar-refractivity contribution < 1.29 is 9.53 Å². The van der Waals surface area contributed by atoms with Crippen LogP contribution in [0.15, 0.2) is 18.2 Å². The van der Waals surface area contributed by atoms with Crippen LogP contribution in [0.3, 0.4) is 0 Å². The molecule has 1 fully saturated rings. The summed E-state index contributed by atoms with van der Waals surface area (Å²) in [6, 6.07) is 6.07. The van der Waals surface area contributed by atoms with E-state index in [2.05, 4.69) is 22.6 Å². The molecule has 1 aromatic carbocycles. The number of carbonyl (C=O) groups is 1. The largest absolute Gasteiger partial charge is 0.496 e. The number of amides is 1. The zero-order chi connectivity index (χ0) is 11.7. The highest BCUT2D eigenvalue weighted by Gasteiger charge is 2.31. The fourth-order valence-electron chi connectivity index (χ4n) is 1.66. The molecule has 0 atom stereocenters. The van der Waals surface area contributed by atoms with Crippen molar-refractivity contribution in [2.75, 3.05) is 14.2 Å². The normalized spacial score (nSPS) is 14.7. The molecular formula is C12H14INO2. The summed E-state index contributed by atoms with van der Waals surface area (Å²) in [5, 5.41) is 0. The minimum atomic E-state index is 0.0516. The smallest absolute Gasteiger partial charge is 0.257 e. The van der Waals surface area contributed by atoms with Gasteiger partial charge in [-0.2, -0.15) is 0 Å². The number of ether oxygens (including phenoxy) is 1. The van der Waals surface area contributed by atoms with Crippen LogP contribution in [0.1, 0.15) is 23.2 Å². The molecule has 4 heteroatoms. The van der Waals surface area contributed by atoms with Crippen LogP contribution in [0.5, 0.6) is 5.75 Å². The van der Waals surface area contributed by atoms with Gasteiger partial charge in [-0.15, -0.1) is 0 Å². The third-order valence-corrected chi connectivity index (χ3v) is 3.48. The Bertz CT molecular complexity index is 415. The van der Waals surface area contributed by atoms with E-state index in [1.165, 1.54) is 0 Å². The monoisotopic (exact) mass is 331 g/mol. The van der Waals surface area contributed by atoms with Crippen LogP contribution in [0.25, 0.3) is 0 Å². The number of carbonyl (C=O) groups excluding carboxylic acids is 1. The van der Waals surface area contributed by atoms with Gasteiger partial charge < -0.3 is 9.64 Å². The minimum absolute atomic E-state index is 0.0516. The van der Waals surface area contributed by atoms with E-state index in [0.717, 1.165) is 16.4 Å². The summed E-state index contributed by atoms with van der Waals surface area (Å²) >= 11 is 2.21. The first kappa shape index (κ1) is 11.7. The summed E-state index contributed by atoms with van der Waals surface area (Å²) in [5.41, 5.74) is 0.650. The molecule has 0 aliphatic heterocycles. The second kappa shape index (κ2) is 4.61. The average Bonchev–Trinajstić information content (AvgIpc) is 3.10. The van der Waals surface area contributed by atoms with Gasteiger partial charge in [-0.25, -0.2) is 0 Å². The van der Waals surface area contributed by atoms with Crippen molar-refractivity contribution in [2.24, 2.45) is 0 Å². The highest BCUT2D eigenvalue weighted by Crippen LogP contribution is 2.29. The van der Waals surface area contributed by atoms with E-state index in [1.807, 2.05) is 30.1 Å². The summed E-state index contributed by atoms with van der Waals surface area (Å²) in [6.45, 7) is 0. The number of halogens is 1. The van der Waals surface area contributed by atoms with Gasteiger partial charge in [0.15, 0.2) is 0 Å². The number of methoxy groups -OCH3 is 1. The van der Waals surface area contributed by atoms with E-state index in [0.29, 0.717) is 17.4 Å². The lowest BCUT2D eigenvalue weighted by molar-refractivity contribution is 0.0781. The van der Waals surface area contributed by atoms with Gasteiger partial charge in [-0.05, 0) is 53.6 Å². The predicted octanol–water partition coefficient (Wildman–Crippen LogP) is 2.53. The molecule has 0 unspecified atom stereocenters. The molecule has 0 heterocycles. The average molecular weight is 331 g/mol. The molecule has 3 nitrogen and oxygen atoms in total. The lowest BCUT2D eigenvalue weighted by Crippen LogP contribution is -2.29. The molecule has 1 aromatic rings. The molecule has 1 aliphatic rings. The van der Waals surface area contributed by atoms with Gasteiger partial charge in [0, 0.05) is 16.7 Å². The Morgan fingerprint density at radius 1 is 1.50 bits per heavy atom. The molecule has 0 bridgehead atoms. The van der Waals surface area contributed by atoms with Crippen LogP contribution in [0.2, 0.25) is 0 Å². The number of hydrogen-bond donors (Lipinski definition) is 0. The summed E-state index contributed by atoms with van der Waals surface area (Å²) in [6.07, 6.45) is 2.24. The molecular weight excluding hydrogens is 317 g/mol. The zero-order valence-electron chi connectivity index (χ0n) is 9.37. The maximum absolute atomic E-state index is 12.2. The van der Waals surface area contributed by atoms with E-state index in [9.17, 15) is 4.79 Å². The first-order valence-corrected chi connectivity index (χ1v) is 6.32. The maximum atomic E-state index is 12.2. The van der Waals surface area contributed by atoms with Gasteiger partial charge in [0.05, 0.1) is 12.7 Å². The third kappa shape index (κ3) is 2.31. The van der Waals surface area contributed by atoms with Gasteiger partial charge in [-0.1, -0.05) is 0 Å². The zero-order valence-corrected chi connectivity index (χ0v) is 11.5. The van der Waals surface area contributed by atoms with Gasteiger partial charge in [-0.3, -0.25) is 4.79 Å². The SMILES string of the molecule is COc1cc(I)ccc1C(=O)N(C)C1CC1. The van der Waals surface area contributed by atoms with Crippen LogP contribution in [-0.2, 0) is 0 Å². The summed E-state index contributed by atoms with van der Waals surface area (Å²) in [5.74, 6) is 0.708. The third-order valence-electron chi connectivity index (χ3n) is 2.81. The highest BCUT2D eigenvalue weighted by atomic mass is 127. The highest BCUT2D eigenvalue weighted by molar-refractivity contribution is 14.1. The van der Waals surface area contributed by atoms with Crippen molar-refractivity contribution in [3.63, 3.8) is 0 Å². The quantitative estimate of drug-likeness (QED) is 0.797. The van der Waals surface area contributed by atoms with Crippen LogP contribution in [0, 0.1) is 3.57 Å². The summed E-state index contributed by atoms with van der Waals surface area (Å²) < 4.78 is 6.31. The van der Waals surface area contributed by atoms with Crippen molar-refractivity contribution in [1.82, 2.24) is 4.90 Å². The molecule has 16 heavy (non-hydrogen) atoms. The fraction of sp³-hybridized carbons (Fsp3) is 0.417. The van der Waals surface area contributed by atoms with Gasteiger partial charge >= 0.3 is 0 Å². The Morgan fingerprint density at radius 2 is 2.19 bits per heavy atom. The number of nitrogens with zero attached hydrogens (tertiary/aromatic N) is 1. The van der Waals surface area contributed by atoms with Crippen molar-refractivity contribution in [1.29, 1.82) is 0 Å². The van der Waals surface area contributed by atoms with Crippen LogP contribution in [-0.4, -0.2) is 31.0 Å². The van der Waals surface area contributed by atoms with Crippen LogP contribution < -0.4 is 4.74 Å². The van der Waals surface area contributed by atoms with Crippen molar-refractivity contribution in [3.8, 4) is 5.75 Å². The Kier molecular flexibility index (Phi) is 3.37. The molecule has 2 rings (SSSR count). The molecule has 0 spiro atoms. The van der Waals surface area contributed by atoms with Gasteiger partial charge in [0.25, 0.3) is 5.91 Å². The summed E-state index contributed by atoms with van der Waals surface area (Å²) in [4.78, 5) is 14.0. The molecule has 0 N–H and O–H groups in total. The fourth-order valence-corrected chi connectivity index (χ4v) is 2.12. The van der Waals surface area contributed by atoms with Crippen LogP contribution >= 0.6 is 22.6 Å². The van der Waals surface area contributed by atoms with E-state index in [-0.39, 0.29) is 5.91 Å². The standard InChI is InChI=1S/C12H14INO2/c1-14(9-4-5-9)12(15)10-6-3-8(13)7-11(10)16-2/h3,6-7,9H,4-5H2,1-2H3. The molecule has 1 amide bonds. The van der Waals surface area contributed by atoms with Gasteiger partial charge in [0.2, 0.25) is 0 Å². The first-order chi connectivity index (χ1) is 7.63. The molecule has 1 saturated carbocycles. The molecule has 86 valence electrons. The van der Waals surface area contributed by atoms with Crippen molar-refractivity contribution in [2.45, 2.75) is 18.9 Å². The van der Waals surface area contributed by atoms with E-state index < -0.39 is 0 Å². The van der Waals surface area contributed by atoms with Gasteiger partial charge in [0.1, 0.15) is 5.75 Å². The number of rotatable bonds is 3. The molecule has 0 radical (unpaired) electrons. The molecule has 0 aromatic heterocycles. The second-order valence-corrected chi connectivity index (χ2v) is 5.24. The topological polar surface area (TPSA) is 29.5 Å². The second-order valence-electron chi connectivity index (χ2n) is 3.99. The number of hydrogen-bond acceptors (Lipinski definition) is 2. The van der Waals surface area contributed by atoms with E-state index >= 15 is 0 Å². The molecule has 1 aliphatic carbocycles. The Hall–Kier alpha value is -0.780. The maximum Gasteiger partial charge on any atom is 0.257 e. The Balaban J connectivity index is 2.27. The van der Waals surface area contributed by atoms with Crippen molar-refractivity contribution in [3.05, 3.63) is 27.3 Å². The van der Waals surface area contributed by atoms with E-state index in [4.69, 9.17) is 4.74 Å². The molecule has 0 saturated heterocycles. The number of benzene rings is 1. The van der Waals surface area contributed by atoms with E-state index in [1.54, 1.807) is 7.11 Å². The van der Waals surface area contributed by atoms with Crippen molar-refractivity contribution >= 4 is 28.5 Å². The first-order valence-electron chi connectivity index (χ1n) is 5.24. The lowest BCUT2D eigenvalue weighted by Gasteiger charge is -2.18. The Labute approximate surface area is 109 Å². The Morgan fingerprint density at radius 3 is 2.75 bits per heavy atom. The summed E-state index contributed by atoms with van der Waals surface area (Å²) in [7, 11) is 3.46. The lowest BCUT2D eigenvalue weighted by atomic mass is 10.2. The predicted molar refractivity (Wildman–Crippen MR) is 70.8 cm³/mol. The van der Waals surface area contributed by atoms with Crippen LogP contribution in [0.4, 0.5) is 0 Å².